The van der Waals surface area contributed by atoms with Crippen molar-refractivity contribution in [3.63, 3.8) is 0 Å². The minimum atomic E-state index is -0.241. The van der Waals surface area contributed by atoms with E-state index in [9.17, 15) is 4.79 Å². The van der Waals surface area contributed by atoms with E-state index in [2.05, 4.69) is 25.8 Å². The highest BCUT2D eigenvalue weighted by atomic mass is 16.5. The van der Waals surface area contributed by atoms with E-state index >= 15 is 0 Å². The van der Waals surface area contributed by atoms with Crippen LogP contribution in [0.15, 0.2) is 40.9 Å². The third-order valence-corrected chi connectivity index (χ3v) is 3.49. The summed E-state index contributed by atoms with van der Waals surface area (Å²) < 4.78 is 5.18. The molecule has 3 aromatic rings. The number of nitrogens with zero attached hydrogens (tertiary/aromatic N) is 5. The Kier molecular flexibility index (Phi) is 4.13. The molecule has 0 aliphatic carbocycles. The maximum atomic E-state index is 12.4. The van der Waals surface area contributed by atoms with E-state index in [0.717, 1.165) is 5.56 Å². The van der Waals surface area contributed by atoms with Crippen LogP contribution in [0.25, 0.3) is 11.3 Å². The molecule has 118 valence electrons. The molecule has 3 rings (SSSR count). The molecular formula is C15H16N6O2. The van der Waals surface area contributed by atoms with Crippen LogP contribution in [-0.4, -0.2) is 50.2 Å². The van der Waals surface area contributed by atoms with Gasteiger partial charge in [0.05, 0.1) is 0 Å². The molecule has 0 saturated heterocycles. The normalized spacial score (nSPS) is 12.1. The van der Waals surface area contributed by atoms with Crippen LogP contribution in [0.2, 0.25) is 0 Å². The Hall–Kier alpha value is -3.03. The number of rotatable bonds is 5. The Morgan fingerprint density at radius 1 is 1.35 bits per heavy atom. The Morgan fingerprint density at radius 3 is 2.83 bits per heavy atom. The topological polar surface area (TPSA) is 101 Å². The summed E-state index contributed by atoms with van der Waals surface area (Å²) in [5.41, 5.74) is 1.53. The van der Waals surface area contributed by atoms with Gasteiger partial charge >= 0.3 is 0 Å². The molecule has 0 aliphatic heterocycles. The molecule has 0 bridgehead atoms. The predicted molar refractivity (Wildman–Crippen MR) is 81.5 cm³/mol. The molecule has 0 fully saturated rings. The Bertz CT molecular complexity index is 768. The average molecular weight is 312 g/mol. The predicted octanol–water partition coefficient (Wildman–Crippen LogP) is 1.73. The minimum absolute atomic E-state index is 0.0424. The van der Waals surface area contributed by atoms with Crippen LogP contribution in [0.1, 0.15) is 29.2 Å². The van der Waals surface area contributed by atoms with Crippen LogP contribution in [0.3, 0.4) is 0 Å². The monoisotopic (exact) mass is 312 g/mol. The van der Waals surface area contributed by atoms with Crippen LogP contribution in [0.5, 0.6) is 0 Å². The zero-order chi connectivity index (χ0) is 16.2. The first kappa shape index (κ1) is 14.9. The average Bonchev–Trinajstić information content (AvgIpc) is 3.26. The number of H-pyrrole nitrogens is 1. The second-order valence-corrected chi connectivity index (χ2v) is 5.30. The van der Waals surface area contributed by atoms with Gasteiger partial charge in [-0.2, -0.15) is 5.21 Å². The number of nitrogens with one attached hydrogen (secondary N) is 1. The number of carbonyl (C=O) groups is 1. The Labute approximate surface area is 132 Å². The van der Waals surface area contributed by atoms with Gasteiger partial charge < -0.3 is 9.42 Å². The van der Waals surface area contributed by atoms with Gasteiger partial charge in [0.1, 0.15) is 5.69 Å². The largest absolute Gasteiger partial charge is 0.350 e. The summed E-state index contributed by atoms with van der Waals surface area (Å²) in [6.45, 7) is 2.37. The number of hydrogen-bond acceptors (Lipinski definition) is 6. The molecule has 0 radical (unpaired) electrons. The summed E-state index contributed by atoms with van der Waals surface area (Å²) in [6.07, 6.45) is 0. The van der Waals surface area contributed by atoms with Crippen molar-refractivity contribution >= 4 is 5.91 Å². The highest BCUT2D eigenvalue weighted by Gasteiger charge is 2.21. The zero-order valence-corrected chi connectivity index (χ0v) is 12.8. The quantitative estimate of drug-likeness (QED) is 0.770. The lowest BCUT2D eigenvalue weighted by Gasteiger charge is -2.18. The number of carbonyl (C=O) groups excluding carboxylic acids is 1. The first-order chi connectivity index (χ1) is 11.1. The van der Waals surface area contributed by atoms with Crippen LogP contribution in [0, 0.1) is 0 Å². The van der Waals surface area contributed by atoms with Crippen molar-refractivity contribution in [2.75, 3.05) is 13.6 Å². The first-order valence-corrected chi connectivity index (χ1v) is 7.16. The molecule has 0 saturated carbocycles. The van der Waals surface area contributed by atoms with Gasteiger partial charge in [-0.15, -0.1) is 10.2 Å². The molecule has 8 nitrogen and oxygen atoms in total. The summed E-state index contributed by atoms with van der Waals surface area (Å²) in [4.78, 5) is 14.0. The first-order valence-electron chi connectivity index (χ1n) is 7.16. The van der Waals surface area contributed by atoms with Crippen molar-refractivity contribution in [3.05, 3.63) is 48.0 Å². The molecule has 1 aromatic carbocycles. The lowest BCUT2D eigenvalue weighted by molar-refractivity contribution is 0.0746. The molecule has 1 N–H and O–H groups in total. The molecule has 2 aromatic heterocycles. The highest BCUT2D eigenvalue weighted by Crippen LogP contribution is 2.20. The number of amides is 1. The van der Waals surface area contributed by atoms with Crippen molar-refractivity contribution < 1.29 is 9.32 Å². The van der Waals surface area contributed by atoms with Gasteiger partial charge in [0.2, 0.25) is 5.76 Å². The standard InChI is InChI=1S/C15H16N6O2/c1-10(14-16-19-20-17-14)9-21(2)15(22)13-8-12(18-23-13)11-6-4-3-5-7-11/h3-8,10H,9H2,1-2H3,(H,16,17,19,20)/t10-/m0/s1. The number of aromatic amines is 1. The summed E-state index contributed by atoms with van der Waals surface area (Å²) >= 11 is 0. The summed E-state index contributed by atoms with van der Waals surface area (Å²) in [6, 6.07) is 11.2. The molecule has 0 unspecified atom stereocenters. The fourth-order valence-electron chi connectivity index (χ4n) is 2.26. The fraction of sp³-hybridized carbons (Fsp3) is 0.267. The van der Waals surface area contributed by atoms with Gasteiger partial charge in [0.25, 0.3) is 5.91 Å². The van der Waals surface area contributed by atoms with E-state index in [1.807, 2.05) is 37.3 Å². The van der Waals surface area contributed by atoms with E-state index in [4.69, 9.17) is 4.52 Å². The zero-order valence-electron chi connectivity index (χ0n) is 12.8. The van der Waals surface area contributed by atoms with Gasteiger partial charge in [0.15, 0.2) is 5.82 Å². The highest BCUT2D eigenvalue weighted by molar-refractivity contribution is 5.92. The molecule has 8 heteroatoms. The summed E-state index contributed by atoms with van der Waals surface area (Å²) in [5, 5.41) is 17.7. The molecule has 1 atom stereocenters. The molecule has 0 spiro atoms. The van der Waals surface area contributed by atoms with Crippen molar-refractivity contribution in [3.8, 4) is 11.3 Å². The minimum Gasteiger partial charge on any atom is -0.350 e. The Balaban J connectivity index is 1.69. The van der Waals surface area contributed by atoms with Crippen LogP contribution in [-0.2, 0) is 0 Å². The summed E-state index contributed by atoms with van der Waals surface area (Å²) in [7, 11) is 1.70. The van der Waals surface area contributed by atoms with Gasteiger partial charge in [-0.1, -0.05) is 47.6 Å². The van der Waals surface area contributed by atoms with Crippen LogP contribution in [0.4, 0.5) is 0 Å². The van der Waals surface area contributed by atoms with Gasteiger partial charge in [-0.05, 0) is 0 Å². The lowest BCUT2D eigenvalue weighted by Crippen LogP contribution is -2.30. The summed E-state index contributed by atoms with van der Waals surface area (Å²) in [5.74, 6) is 0.480. The smallest absolute Gasteiger partial charge is 0.292 e. The number of aromatic nitrogens is 5. The second-order valence-electron chi connectivity index (χ2n) is 5.30. The van der Waals surface area contributed by atoms with Gasteiger partial charge in [-0.3, -0.25) is 4.79 Å². The SMILES string of the molecule is C[C@@H](CN(C)C(=O)c1cc(-c2ccccc2)no1)c1nn[nH]n1. The van der Waals surface area contributed by atoms with E-state index in [1.165, 1.54) is 0 Å². The van der Waals surface area contributed by atoms with Crippen molar-refractivity contribution in [2.24, 2.45) is 0 Å². The molecule has 0 aliphatic rings. The number of benzene rings is 1. The van der Waals surface area contributed by atoms with Crippen molar-refractivity contribution in [1.29, 1.82) is 0 Å². The van der Waals surface area contributed by atoms with Gasteiger partial charge in [-0.25, -0.2) is 0 Å². The number of tetrazole rings is 1. The third-order valence-electron chi connectivity index (χ3n) is 3.49. The third kappa shape index (κ3) is 3.25. The van der Waals surface area contributed by atoms with E-state index in [1.54, 1.807) is 18.0 Å². The lowest BCUT2D eigenvalue weighted by atomic mass is 10.1. The maximum absolute atomic E-state index is 12.4. The van der Waals surface area contributed by atoms with E-state index in [0.29, 0.717) is 18.1 Å². The second kappa shape index (κ2) is 6.39. The van der Waals surface area contributed by atoms with E-state index in [-0.39, 0.29) is 17.6 Å². The van der Waals surface area contributed by atoms with Crippen molar-refractivity contribution in [2.45, 2.75) is 12.8 Å². The van der Waals surface area contributed by atoms with Crippen LogP contribution < -0.4 is 0 Å². The van der Waals surface area contributed by atoms with Crippen LogP contribution >= 0.6 is 0 Å². The number of likely N-dealkylation sites (N-methyl/N-ethyl adjacent to an activating group) is 1. The van der Waals surface area contributed by atoms with Gasteiger partial charge in [0, 0.05) is 31.1 Å². The number of hydrogen-bond donors (Lipinski definition) is 1. The molecule has 2 heterocycles. The molecule has 1 amide bonds. The van der Waals surface area contributed by atoms with E-state index < -0.39 is 0 Å². The molecule has 23 heavy (non-hydrogen) atoms. The molecular weight excluding hydrogens is 296 g/mol. The fourth-order valence-corrected chi connectivity index (χ4v) is 2.26. The maximum Gasteiger partial charge on any atom is 0.292 e. The van der Waals surface area contributed by atoms with Crippen molar-refractivity contribution in [1.82, 2.24) is 30.7 Å². The Morgan fingerprint density at radius 2 is 2.13 bits per heavy atom.